The lowest BCUT2D eigenvalue weighted by atomic mass is 10.2. The van der Waals surface area contributed by atoms with Crippen LogP contribution in [0.25, 0.3) is 0 Å². The summed E-state index contributed by atoms with van der Waals surface area (Å²) in [5.41, 5.74) is 3.89. The first-order chi connectivity index (χ1) is 13.5. The molecule has 0 aliphatic carbocycles. The van der Waals surface area contributed by atoms with E-state index >= 15 is 0 Å². The summed E-state index contributed by atoms with van der Waals surface area (Å²) in [6.45, 7) is 7.06. The van der Waals surface area contributed by atoms with Gasteiger partial charge in [-0.25, -0.2) is 0 Å². The monoisotopic (exact) mass is 383 g/mol. The largest absolute Gasteiger partial charge is 0.493 e. The van der Waals surface area contributed by atoms with Gasteiger partial charge in [0, 0.05) is 12.7 Å². The zero-order valence-electron chi connectivity index (χ0n) is 16.8. The number of anilines is 1. The predicted octanol–water partition coefficient (Wildman–Crippen LogP) is 3.03. The Balaban J connectivity index is 1.81. The van der Waals surface area contributed by atoms with Crippen LogP contribution < -0.4 is 14.8 Å². The zero-order chi connectivity index (χ0) is 20.3. The summed E-state index contributed by atoms with van der Waals surface area (Å²) in [5.74, 6) is 1.15. The molecule has 1 amide bonds. The van der Waals surface area contributed by atoms with Crippen molar-refractivity contribution in [1.82, 2.24) is 19.6 Å². The molecule has 0 bridgehead atoms. The number of carbonyl (C=O) groups excluding carboxylic acids is 1. The molecule has 8 heteroatoms. The highest BCUT2D eigenvalue weighted by molar-refractivity contribution is 6.04. The maximum atomic E-state index is 12.5. The van der Waals surface area contributed by atoms with Crippen LogP contribution in [0.5, 0.6) is 11.5 Å². The molecule has 28 heavy (non-hydrogen) atoms. The molecule has 1 aromatic carbocycles. The molecule has 8 nitrogen and oxygen atoms in total. The Morgan fingerprint density at radius 2 is 1.93 bits per heavy atom. The highest BCUT2D eigenvalue weighted by atomic mass is 16.5. The third kappa shape index (κ3) is 3.85. The van der Waals surface area contributed by atoms with Crippen molar-refractivity contribution < 1.29 is 14.3 Å². The average molecular weight is 383 g/mol. The topological polar surface area (TPSA) is 83.2 Å². The standard InChI is InChI=1S/C20H25N5O3/c1-6-24-12-16(10-21-24)20(26)22-19-13(2)23-25(14(19)3)11-15-7-8-17(27-4)18(9-15)28-5/h7-10,12H,6,11H2,1-5H3,(H,22,26). The van der Waals surface area contributed by atoms with Gasteiger partial charge in [0.05, 0.1) is 49.6 Å². The third-order valence-electron chi connectivity index (χ3n) is 4.62. The molecule has 3 aromatic rings. The van der Waals surface area contributed by atoms with E-state index in [9.17, 15) is 4.79 Å². The van der Waals surface area contributed by atoms with Crippen LogP contribution in [-0.2, 0) is 13.1 Å². The number of aromatic nitrogens is 4. The first kappa shape index (κ1) is 19.5. The van der Waals surface area contributed by atoms with Gasteiger partial charge >= 0.3 is 0 Å². The average Bonchev–Trinajstić information content (AvgIpc) is 3.28. The maximum absolute atomic E-state index is 12.5. The van der Waals surface area contributed by atoms with Gasteiger partial charge in [0.2, 0.25) is 0 Å². The molecule has 3 rings (SSSR count). The fourth-order valence-electron chi connectivity index (χ4n) is 3.02. The minimum atomic E-state index is -0.198. The van der Waals surface area contributed by atoms with Crippen molar-refractivity contribution in [1.29, 1.82) is 0 Å². The third-order valence-corrected chi connectivity index (χ3v) is 4.62. The van der Waals surface area contributed by atoms with Crippen molar-refractivity contribution in [2.24, 2.45) is 0 Å². The van der Waals surface area contributed by atoms with Gasteiger partial charge < -0.3 is 14.8 Å². The number of amides is 1. The smallest absolute Gasteiger partial charge is 0.258 e. The second kappa shape index (κ2) is 8.16. The summed E-state index contributed by atoms with van der Waals surface area (Å²) in [5, 5.41) is 11.7. The molecule has 0 saturated carbocycles. The van der Waals surface area contributed by atoms with Crippen LogP contribution in [0.2, 0.25) is 0 Å². The van der Waals surface area contributed by atoms with Gasteiger partial charge in [-0.15, -0.1) is 0 Å². The minimum Gasteiger partial charge on any atom is -0.493 e. The summed E-state index contributed by atoms with van der Waals surface area (Å²) < 4.78 is 14.2. The van der Waals surface area contributed by atoms with Gasteiger partial charge in [-0.05, 0) is 38.5 Å². The fraction of sp³-hybridized carbons (Fsp3) is 0.350. The van der Waals surface area contributed by atoms with Crippen LogP contribution in [0.1, 0.15) is 34.2 Å². The van der Waals surface area contributed by atoms with Gasteiger partial charge in [0.25, 0.3) is 5.91 Å². The molecular weight excluding hydrogens is 358 g/mol. The highest BCUT2D eigenvalue weighted by Crippen LogP contribution is 2.28. The Hall–Kier alpha value is -3.29. The molecule has 0 aliphatic heterocycles. The highest BCUT2D eigenvalue weighted by Gasteiger charge is 2.17. The Morgan fingerprint density at radius 3 is 2.57 bits per heavy atom. The number of aryl methyl sites for hydroxylation is 2. The van der Waals surface area contributed by atoms with Crippen LogP contribution in [0, 0.1) is 13.8 Å². The summed E-state index contributed by atoms with van der Waals surface area (Å²) in [6.07, 6.45) is 3.30. The number of hydrogen-bond donors (Lipinski definition) is 1. The van der Waals surface area contributed by atoms with Gasteiger partial charge in [-0.2, -0.15) is 10.2 Å². The fourth-order valence-corrected chi connectivity index (χ4v) is 3.02. The molecule has 2 aromatic heterocycles. The second-order valence-electron chi connectivity index (χ2n) is 6.43. The molecular formula is C20H25N5O3. The van der Waals surface area contributed by atoms with E-state index in [1.165, 1.54) is 0 Å². The number of nitrogens with zero attached hydrogens (tertiary/aromatic N) is 4. The van der Waals surface area contributed by atoms with E-state index in [2.05, 4.69) is 15.5 Å². The van der Waals surface area contributed by atoms with Crippen LogP contribution >= 0.6 is 0 Å². The normalized spacial score (nSPS) is 10.8. The number of ether oxygens (including phenoxy) is 2. The number of methoxy groups -OCH3 is 2. The zero-order valence-corrected chi connectivity index (χ0v) is 16.8. The summed E-state index contributed by atoms with van der Waals surface area (Å²) in [4.78, 5) is 12.5. The van der Waals surface area contributed by atoms with Crippen LogP contribution in [-0.4, -0.2) is 39.7 Å². The molecule has 0 saturated heterocycles. The van der Waals surface area contributed by atoms with Crippen molar-refractivity contribution in [3.8, 4) is 11.5 Å². The number of benzene rings is 1. The minimum absolute atomic E-state index is 0.198. The van der Waals surface area contributed by atoms with E-state index in [-0.39, 0.29) is 5.91 Å². The van der Waals surface area contributed by atoms with Crippen molar-refractivity contribution in [2.75, 3.05) is 19.5 Å². The van der Waals surface area contributed by atoms with E-state index in [1.807, 2.05) is 43.7 Å². The molecule has 0 unspecified atom stereocenters. The number of rotatable bonds is 7. The summed E-state index contributed by atoms with van der Waals surface area (Å²) in [7, 11) is 3.22. The van der Waals surface area contributed by atoms with E-state index in [4.69, 9.17) is 9.47 Å². The van der Waals surface area contributed by atoms with Gasteiger partial charge in [0.1, 0.15) is 0 Å². The molecule has 0 radical (unpaired) electrons. The van der Waals surface area contributed by atoms with E-state index < -0.39 is 0 Å². The lowest BCUT2D eigenvalue weighted by molar-refractivity contribution is 0.102. The first-order valence-corrected chi connectivity index (χ1v) is 9.05. The SMILES string of the molecule is CCn1cc(C(=O)Nc2c(C)nn(Cc3ccc(OC)c(OC)c3)c2C)cn1. The van der Waals surface area contributed by atoms with Crippen molar-refractivity contribution >= 4 is 11.6 Å². The molecule has 0 fully saturated rings. The lowest BCUT2D eigenvalue weighted by Gasteiger charge is -2.11. The molecule has 2 heterocycles. The van der Waals surface area contributed by atoms with Gasteiger partial charge in [0.15, 0.2) is 11.5 Å². The summed E-state index contributed by atoms with van der Waals surface area (Å²) in [6, 6.07) is 5.76. The van der Waals surface area contributed by atoms with Crippen LogP contribution in [0.15, 0.2) is 30.6 Å². The van der Waals surface area contributed by atoms with E-state index in [0.29, 0.717) is 30.2 Å². The lowest BCUT2D eigenvalue weighted by Crippen LogP contribution is -2.13. The maximum Gasteiger partial charge on any atom is 0.258 e. The van der Waals surface area contributed by atoms with E-state index in [0.717, 1.165) is 22.6 Å². The van der Waals surface area contributed by atoms with Crippen molar-refractivity contribution in [2.45, 2.75) is 33.9 Å². The van der Waals surface area contributed by atoms with Crippen LogP contribution in [0.3, 0.4) is 0 Å². The van der Waals surface area contributed by atoms with Crippen molar-refractivity contribution in [3.05, 3.63) is 53.1 Å². The Labute approximate surface area is 164 Å². The molecule has 0 atom stereocenters. The summed E-state index contributed by atoms with van der Waals surface area (Å²) >= 11 is 0. The predicted molar refractivity (Wildman–Crippen MR) is 106 cm³/mol. The Kier molecular flexibility index (Phi) is 5.67. The first-order valence-electron chi connectivity index (χ1n) is 9.05. The van der Waals surface area contributed by atoms with E-state index in [1.54, 1.807) is 31.3 Å². The molecule has 0 aliphatic rings. The molecule has 0 spiro atoms. The molecule has 1 N–H and O–H groups in total. The number of nitrogens with one attached hydrogen (secondary N) is 1. The number of carbonyl (C=O) groups is 1. The van der Waals surface area contributed by atoms with Gasteiger partial charge in [-0.1, -0.05) is 6.07 Å². The number of hydrogen-bond acceptors (Lipinski definition) is 5. The molecule has 148 valence electrons. The van der Waals surface area contributed by atoms with Crippen molar-refractivity contribution in [3.63, 3.8) is 0 Å². The Bertz CT molecular complexity index is 990. The van der Waals surface area contributed by atoms with Crippen LogP contribution in [0.4, 0.5) is 5.69 Å². The van der Waals surface area contributed by atoms with Gasteiger partial charge in [-0.3, -0.25) is 14.2 Å². The quantitative estimate of drug-likeness (QED) is 0.678. The Morgan fingerprint density at radius 1 is 1.18 bits per heavy atom. The second-order valence-corrected chi connectivity index (χ2v) is 6.43.